The molecule has 5 nitrogen and oxygen atoms in total. The van der Waals surface area contributed by atoms with Crippen molar-refractivity contribution in [1.82, 2.24) is 9.55 Å². The molecule has 4 rings (SSSR count). The van der Waals surface area contributed by atoms with Gasteiger partial charge < -0.3 is 5.11 Å². The van der Waals surface area contributed by atoms with E-state index in [2.05, 4.69) is 11.1 Å². The van der Waals surface area contributed by atoms with Crippen LogP contribution in [0.1, 0.15) is 27.3 Å². The SMILES string of the molecule is N#Cc1ccc2c(c1)nc(Cc1ccc(F)cc1)n2-c1cccc(C(=O)O)c1. The zero-order valence-corrected chi connectivity index (χ0v) is 14.6. The number of aromatic carboxylic acids is 1. The maximum atomic E-state index is 13.2. The summed E-state index contributed by atoms with van der Waals surface area (Å²) in [7, 11) is 0. The molecule has 1 N–H and O–H groups in total. The molecule has 1 heterocycles. The second kappa shape index (κ2) is 6.97. The summed E-state index contributed by atoms with van der Waals surface area (Å²) in [6.07, 6.45) is 0.425. The second-order valence-electron chi connectivity index (χ2n) is 6.34. The molecule has 1 aromatic heterocycles. The molecule has 28 heavy (non-hydrogen) atoms. The smallest absolute Gasteiger partial charge is 0.335 e. The number of imidazole rings is 1. The lowest BCUT2D eigenvalue weighted by Crippen LogP contribution is -2.04. The topological polar surface area (TPSA) is 78.9 Å². The van der Waals surface area contributed by atoms with Gasteiger partial charge in [-0.25, -0.2) is 14.2 Å². The molecule has 0 saturated carbocycles. The Labute approximate surface area is 159 Å². The summed E-state index contributed by atoms with van der Waals surface area (Å²) >= 11 is 0. The fourth-order valence-corrected chi connectivity index (χ4v) is 3.17. The first-order valence-electron chi connectivity index (χ1n) is 8.55. The lowest BCUT2D eigenvalue weighted by Gasteiger charge is -2.10. The first-order valence-corrected chi connectivity index (χ1v) is 8.55. The fraction of sp³-hybridized carbons (Fsp3) is 0.0455. The number of fused-ring (bicyclic) bond motifs is 1. The minimum atomic E-state index is -1.02. The predicted octanol–water partition coefficient (Wildman–Crippen LogP) is 4.33. The van der Waals surface area contributed by atoms with Crippen LogP contribution in [0.4, 0.5) is 4.39 Å². The van der Waals surface area contributed by atoms with Crippen LogP contribution in [0.5, 0.6) is 0 Å². The van der Waals surface area contributed by atoms with E-state index in [-0.39, 0.29) is 11.4 Å². The highest BCUT2D eigenvalue weighted by Gasteiger charge is 2.15. The van der Waals surface area contributed by atoms with Crippen LogP contribution in [0.2, 0.25) is 0 Å². The number of aromatic nitrogens is 2. The summed E-state index contributed by atoms with van der Waals surface area (Å²) in [5.74, 6) is -0.664. The van der Waals surface area contributed by atoms with Gasteiger partial charge in [0.2, 0.25) is 0 Å². The summed E-state index contributed by atoms with van der Waals surface area (Å²) in [6.45, 7) is 0. The molecule has 0 aliphatic rings. The quantitative estimate of drug-likeness (QED) is 0.579. The Morgan fingerprint density at radius 1 is 1.11 bits per heavy atom. The molecule has 0 saturated heterocycles. The number of carboxylic acids is 1. The van der Waals surface area contributed by atoms with Gasteiger partial charge in [0.1, 0.15) is 11.6 Å². The van der Waals surface area contributed by atoms with Crippen LogP contribution in [-0.2, 0) is 6.42 Å². The highest BCUT2D eigenvalue weighted by molar-refractivity contribution is 5.88. The summed E-state index contributed by atoms with van der Waals surface area (Å²) in [4.78, 5) is 16.0. The van der Waals surface area contributed by atoms with E-state index in [1.54, 1.807) is 48.5 Å². The number of carboxylic acid groups (broad SMARTS) is 1. The number of hydrogen-bond acceptors (Lipinski definition) is 3. The second-order valence-corrected chi connectivity index (χ2v) is 6.34. The van der Waals surface area contributed by atoms with E-state index in [1.807, 2.05) is 4.57 Å². The van der Waals surface area contributed by atoms with Crippen molar-refractivity contribution in [2.24, 2.45) is 0 Å². The van der Waals surface area contributed by atoms with Crippen LogP contribution in [-0.4, -0.2) is 20.6 Å². The minimum absolute atomic E-state index is 0.167. The molecule has 0 fully saturated rings. The maximum absolute atomic E-state index is 13.2. The third kappa shape index (κ3) is 3.21. The van der Waals surface area contributed by atoms with E-state index in [0.717, 1.165) is 11.1 Å². The first-order chi connectivity index (χ1) is 13.5. The van der Waals surface area contributed by atoms with Gasteiger partial charge in [-0.15, -0.1) is 0 Å². The molecule has 0 aliphatic carbocycles. The Hall–Kier alpha value is -3.98. The molecule has 4 aromatic rings. The Morgan fingerprint density at radius 3 is 2.61 bits per heavy atom. The van der Waals surface area contributed by atoms with Crippen molar-refractivity contribution in [2.45, 2.75) is 6.42 Å². The fourth-order valence-electron chi connectivity index (χ4n) is 3.17. The third-order valence-electron chi connectivity index (χ3n) is 4.48. The van der Waals surface area contributed by atoms with Crippen LogP contribution >= 0.6 is 0 Å². The summed E-state index contributed by atoms with van der Waals surface area (Å²) in [5.41, 5.74) is 3.58. The van der Waals surface area contributed by atoms with Crippen molar-refractivity contribution in [3.63, 3.8) is 0 Å². The maximum Gasteiger partial charge on any atom is 0.335 e. The van der Waals surface area contributed by atoms with Crippen LogP contribution in [0.3, 0.4) is 0 Å². The average Bonchev–Trinajstić information content (AvgIpc) is 3.06. The van der Waals surface area contributed by atoms with Gasteiger partial charge in [0.05, 0.1) is 28.2 Å². The van der Waals surface area contributed by atoms with Gasteiger partial charge in [0, 0.05) is 12.1 Å². The average molecular weight is 371 g/mol. The van der Waals surface area contributed by atoms with E-state index < -0.39 is 5.97 Å². The molecule has 0 bridgehead atoms. The Balaban J connectivity index is 1.91. The van der Waals surface area contributed by atoms with E-state index in [0.29, 0.717) is 29.0 Å². The predicted molar refractivity (Wildman–Crippen MR) is 102 cm³/mol. The lowest BCUT2D eigenvalue weighted by molar-refractivity contribution is 0.0697. The van der Waals surface area contributed by atoms with Gasteiger partial charge in [-0.05, 0) is 54.1 Å². The molecule has 6 heteroatoms. The van der Waals surface area contributed by atoms with E-state index in [4.69, 9.17) is 5.26 Å². The van der Waals surface area contributed by atoms with Crippen LogP contribution in [0.25, 0.3) is 16.7 Å². The molecule has 0 spiro atoms. The number of nitrogens with zero attached hydrogens (tertiary/aromatic N) is 3. The molecule has 0 atom stereocenters. The van der Waals surface area contributed by atoms with Gasteiger partial charge in [-0.2, -0.15) is 5.26 Å². The number of benzene rings is 3. The summed E-state index contributed by atoms with van der Waals surface area (Å²) in [5, 5.41) is 18.5. The van der Waals surface area contributed by atoms with Gasteiger partial charge in [0.25, 0.3) is 0 Å². The standard InChI is InChI=1S/C22H14FN3O2/c23-17-7-4-14(5-8-17)11-21-25-19-10-15(13-24)6-9-20(19)26(21)18-3-1-2-16(12-18)22(27)28/h1-10,12H,11H2,(H,27,28). The van der Waals surface area contributed by atoms with Gasteiger partial charge in [-0.1, -0.05) is 18.2 Å². The molecule has 136 valence electrons. The van der Waals surface area contributed by atoms with Crippen molar-refractivity contribution in [1.29, 1.82) is 5.26 Å². The summed E-state index contributed by atoms with van der Waals surface area (Å²) < 4.78 is 15.1. The molecular weight excluding hydrogens is 357 g/mol. The number of hydrogen-bond donors (Lipinski definition) is 1. The monoisotopic (exact) mass is 371 g/mol. The van der Waals surface area contributed by atoms with Crippen molar-refractivity contribution in [3.8, 4) is 11.8 Å². The normalized spacial score (nSPS) is 10.7. The highest BCUT2D eigenvalue weighted by Crippen LogP contribution is 2.25. The molecule has 0 unspecified atom stereocenters. The van der Waals surface area contributed by atoms with Crippen LogP contribution in [0.15, 0.2) is 66.7 Å². The van der Waals surface area contributed by atoms with Crippen molar-refractivity contribution < 1.29 is 14.3 Å². The Bertz CT molecular complexity index is 1240. The largest absolute Gasteiger partial charge is 0.478 e. The van der Waals surface area contributed by atoms with Crippen molar-refractivity contribution >= 4 is 17.0 Å². The highest BCUT2D eigenvalue weighted by atomic mass is 19.1. The Kier molecular flexibility index (Phi) is 4.34. The zero-order valence-electron chi connectivity index (χ0n) is 14.6. The van der Waals surface area contributed by atoms with Gasteiger partial charge in [-0.3, -0.25) is 4.57 Å². The number of rotatable bonds is 4. The molecule has 0 radical (unpaired) electrons. The third-order valence-corrected chi connectivity index (χ3v) is 4.48. The molecule has 3 aromatic carbocycles. The van der Waals surface area contributed by atoms with E-state index in [1.165, 1.54) is 18.2 Å². The summed E-state index contributed by atoms with van der Waals surface area (Å²) in [6, 6.07) is 20.0. The Morgan fingerprint density at radius 2 is 1.89 bits per heavy atom. The van der Waals surface area contributed by atoms with Crippen LogP contribution < -0.4 is 0 Å². The van der Waals surface area contributed by atoms with Gasteiger partial charge >= 0.3 is 5.97 Å². The zero-order chi connectivity index (χ0) is 19.7. The number of halogens is 1. The van der Waals surface area contributed by atoms with Crippen LogP contribution in [0, 0.1) is 17.1 Å². The van der Waals surface area contributed by atoms with Crippen molar-refractivity contribution in [2.75, 3.05) is 0 Å². The van der Waals surface area contributed by atoms with E-state index in [9.17, 15) is 14.3 Å². The first kappa shape index (κ1) is 17.4. The number of carbonyl (C=O) groups is 1. The molecule has 0 amide bonds. The molecular formula is C22H14FN3O2. The minimum Gasteiger partial charge on any atom is -0.478 e. The molecule has 0 aliphatic heterocycles. The number of nitriles is 1. The van der Waals surface area contributed by atoms with E-state index >= 15 is 0 Å². The van der Waals surface area contributed by atoms with Crippen molar-refractivity contribution in [3.05, 3.63) is 95.1 Å². The van der Waals surface area contributed by atoms with Gasteiger partial charge in [0.15, 0.2) is 0 Å². The lowest BCUT2D eigenvalue weighted by atomic mass is 10.1.